The van der Waals surface area contributed by atoms with Crippen LogP contribution in [0, 0.1) is 5.82 Å². The predicted molar refractivity (Wildman–Crippen MR) is 164 cm³/mol. The van der Waals surface area contributed by atoms with Crippen molar-refractivity contribution in [1.29, 1.82) is 0 Å². The lowest BCUT2D eigenvalue weighted by Gasteiger charge is -2.25. The molecule has 10 heteroatoms. The van der Waals surface area contributed by atoms with Gasteiger partial charge < -0.3 is 14.8 Å². The Balaban J connectivity index is 1.60. The molecule has 0 radical (unpaired) electrons. The molecule has 1 N–H and O–H groups in total. The van der Waals surface area contributed by atoms with Crippen LogP contribution >= 0.6 is 0 Å². The number of sulfonamides is 1. The number of hydrogen-bond acceptors (Lipinski definition) is 6. The van der Waals surface area contributed by atoms with Gasteiger partial charge in [0.25, 0.3) is 10.0 Å². The summed E-state index contributed by atoms with van der Waals surface area (Å²) in [5.74, 6) is -1.36. The maximum absolute atomic E-state index is 14.9. The van der Waals surface area contributed by atoms with Crippen LogP contribution in [0.4, 0.5) is 15.8 Å². The van der Waals surface area contributed by atoms with E-state index in [1.807, 2.05) is 12.1 Å². The molecule has 0 atom stereocenters. The molecule has 4 aromatic carbocycles. The van der Waals surface area contributed by atoms with Gasteiger partial charge in [-0.05, 0) is 47.4 Å². The van der Waals surface area contributed by atoms with Crippen LogP contribution in [0.5, 0.6) is 11.5 Å². The van der Waals surface area contributed by atoms with E-state index in [4.69, 9.17) is 9.47 Å². The first kappa shape index (κ1) is 31.2. The molecule has 0 aliphatic rings. The number of nitrogens with one attached hydrogen (secondary N) is 1. The standard InChI is InChI=1S/C33H33FN2O6S/c1-33(2,3)24-15-13-22(14-16-24)32(38)23-9-8-10-25(19-23)35-31(37)21-36(28-12-7-6-11-27(28)34)43(39,40)26-17-18-29(41-4)30(20-26)42-5/h6-20H,21H2,1-5H3,(H,35,37). The van der Waals surface area contributed by atoms with Crippen LogP contribution in [-0.4, -0.2) is 40.9 Å². The number of para-hydroxylation sites is 1. The fourth-order valence-corrected chi connectivity index (χ4v) is 5.86. The summed E-state index contributed by atoms with van der Waals surface area (Å²) in [5, 5.41) is 2.64. The average molecular weight is 605 g/mol. The molecular formula is C33H33FN2O6S. The lowest BCUT2D eigenvalue weighted by Crippen LogP contribution is -2.38. The Morgan fingerprint density at radius 1 is 0.814 bits per heavy atom. The zero-order chi connectivity index (χ0) is 31.4. The molecule has 4 rings (SSSR count). The number of carbonyl (C=O) groups is 2. The topological polar surface area (TPSA) is 102 Å². The van der Waals surface area contributed by atoms with Crippen molar-refractivity contribution in [2.75, 3.05) is 30.4 Å². The summed E-state index contributed by atoms with van der Waals surface area (Å²) in [6.45, 7) is 5.51. The van der Waals surface area contributed by atoms with E-state index >= 15 is 0 Å². The van der Waals surface area contributed by atoms with E-state index in [2.05, 4.69) is 26.1 Å². The molecule has 8 nitrogen and oxygen atoms in total. The maximum Gasteiger partial charge on any atom is 0.265 e. The highest BCUT2D eigenvalue weighted by Crippen LogP contribution is 2.33. The molecule has 0 saturated carbocycles. The largest absolute Gasteiger partial charge is 0.493 e. The van der Waals surface area contributed by atoms with Crippen LogP contribution in [0.1, 0.15) is 42.3 Å². The number of ether oxygens (including phenoxy) is 2. The Morgan fingerprint density at radius 3 is 2.12 bits per heavy atom. The van der Waals surface area contributed by atoms with Crippen molar-refractivity contribution in [3.05, 3.63) is 114 Å². The van der Waals surface area contributed by atoms with E-state index < -0.39 is 28.3 Å². The Bertz CT molecular complexity index is 1750. The maximum atomic E-state index is 14.9. The van der Waals surface area contributed by atoms with Crippen LogP contribution in [0.15, 0.2) is 95.9 Å². The van der Waals surface area contributed by atoms with Crippen molar-refractivity contribution < 1.29 is 31.9 Å². The van der Waals surface area contributed by atoms with Gasteiger partial charge in [0.2, 0.25) is 5.91 Å². The first-order valence-electron chi connectivity index (χ1n) is 13.4. The molecule has 4 aromatic rings. The van der Waals surface area contributed by atoms with Gasteiger partial charge >= 0.3 is 0 Å². The first-order valence-corrected chi connectivity index (χ1v) is 14.8. The van der Waals surface area contributed by atoms with Crippen molar-refractivity contribution in [2.45, 2.75) is 31.1 Å². The molecule has 0 bridgehead atoms. The van der Waals surface area contributed by atoms with Gasteiger partial charge in [0.1, 0.15) is 12.4 Å². The number of amides is 1. The fourth-order valence-electron chi connectivity index (χ4n) is 4.42. The smallest absolute Gasteiger partial charge is 0.265 e. The Labute approximate surface area is 251 Å². The summed E-state index contributed by atoms with van der Waals surface area (Å²) in [7, 11) is -1.68. The average Bonchev–Trinajstić information content (AvgIpc) is 2.99. The van der Waals surface area contributed by atoms with Gasteiger partial charge in [0, 0.05) is 22.9 Å². The van der Waals surface area contributed by atoms with E-state index in [1.54, 1.807) is 30.3 Å². The Morgan fingerprint density at radius 2 is 1.49 bits per heavy atom. The number of ketones is 1. The number of halogens is 1. The summed E-state index contributed by atoms with van der Waals surface area (Å²) in [6.07, 6.45) is 0. The minimum atomic E-state index is -4.45. The summed E-state index contributed by atoms with van der Waals surface area (Å²) < 4.78 is 53.5. The van der Waals surface area contributed by atoms with E-state index in [0.29, 0.717) is 21.2 Å². The van der Waals surface area contributed by atoms with E-state index in [-0.39, 0.29) is 33.2 Å². The molecule has 1 amide bonds. The molecule has 0 heterocycles. The van der Waals surface area contributed by atoms with Crippen molar-refractivity contribution >= 4 is 33.1 Å². The van der Waals surface area contributed by atoms with Gasteiger partial charge in [0.15, 0.2) is 17.3 Å². The minimum absolute atomic E-state index is 0.0603. The zero-order valence-electron chi connectivity index (χ0n) is 24.6. The molecule has 0 fully saturated rings. The molecule has 0 aliphatic heterocycles. The third-order valence-corrected chi connectivity index (χ3v) is 8.53. The normalized spacial score (nSPS) is 11.5. The first-order chi connectivity index (χ1) is 20.3. The lowest BCUT2D eigenvalue weighted by molar-refractivity contribution is -0.114. The summed E-state index contributed by atoms with van der Waals surface area (Å²) in [6, 6.07) is 22.9. The second-order valence-electron chi connectivity index (χ2n) is 10.8. The van der Waals surface area contributed by atoms with Gasteiger partial charge in [-0.1, -0.05) is 69.3 Å². The van der Waals surface area contributed by atoms with Gasteiger partial charge in [0.05, 0.1) is 24.8 Å². The molecule has 0 spiro atoms. The SMILES string of the molecule is COc1ccc(S(=O)(=O)N(CC(=O)Nc2cccc(C(=O)c3ccc(C(C)(C)C)cc3)c2)c2ccccc2F)cc1OC. The molecular weight excluding hydrogens is 571 g/mol. The lowest BCUT2D eigenvalue weighted by atomic mass is 9.86. The number of methoxy groups -OCH3 is 2. The second-order valence-corrected chi connectivity index (χ2v) is 12.6. The van der Waals surface area contributed by atoms with Gasteiger partial charge in [-0.25, -0.2) is 12.8 Å². The quantitative estimate of drug-likeness (QED) is 0.216. The zero-order valence-corrected chi connectivity index (χ0v) is 25.4. The van der Waals surface area contributed by atoms with Gasteiger partial charge in [-0.15, -0.1) is 0 Å². The third kappa shape index (κ3) is 7.03. The van der Waals surface area contributed by atoms with E-state index in [9.17, 15) is 22.4 Å². The Kier molecular flexibility index (Phi) is 9.20. The number of carbonyl (C=O) groups excluding carboxylic acids is 2. The molecule has 224 valence electrons. The van der Waals surface area contributed by atoms with Crippen molar-refractivity contribution in [2.24, 2.45) is 0 Å². The number of nitrogens with zero attached hydrogens (tertiary/aromatic N) is 1. The minimum Gasteiger partial charge on any atom is -0.493 e. The summed E-state index contributed by atoms with van der Waals surface area (Å²) in [5.41, 5.74) is 1.82. The third-order valence-electron chi connectivity index (χ3n) is 6.77. The highest BCUT2D eigenvalue weighted by Gasteiger charge is 2.30. The molecule has 0 unspecified atom stereocenters. The van der Waals surface area contributed by atoms with Crippen molar-refractivity contribution in [3.8, 4) is 11.5 Å². The van der Waals surface area contributed by atoms with Crippen molar-refractivity contribution in [3.63, 3.8) is 0 Å². The van der Waals surface area contributed by atoms with Crippen LogP contribution in [0.25, 0.3) is 0 Å². The van der Waals surface area contributed by atoms with E-state index in [1.165, 1.54) is 56.7 Å². The van der Waals surface area contributed by atoms with Crippen molar-refractivity contribution in [1.82, 2.24) is 0 Å². The van der Waals surface area contributed by atoms with Crippen LogP contribution in [0.3, 0.4) is 0 Å². The van der Waals surface area contributed by atoms with Crippen LogP contribution < -0.4 is 19.1 Å². The molecule has 43 heavy (non-hydrogen) atoms. The number of hydrogen-bond donors (Lipinski definition) is 1. The summed E-state index contributed by atoms with van der Waals surface area (Å²) >= 11 is 0. The summed E-state index contributed by atoms with van der Waals surface area (Å²) in [4.78, 5) is 26.2. The van der Waals surface area contributed by atoms with Crippen LogP contribution in [-0.2, 0) is 20.2 Å². The highest BCUT2D eigenvalue weighted by molar-refractivity contribution is 7.92. The van der Waals surface area contributed by atoms with Gasteiger partial charge in [-0.2, -0.15) is 0 Å². The highest BCUT2D eigenvalue weighted by atomic mass is 32.2. The second kappa shape index (κ2) is 12.7. The molecule has 0 aromatic heterocycles. The fraction of sp³-hybridized carbons (Fsp3) is 0.212. The number of benzene rings is 4. The number of rotatable bonds is 10. The number of anilines is 2. The molecule has 0 aliphatic carbocycles. The van der Waals surface area contributed by atoms with Crippen LogP contribution in [0.2, 0.25) is 0 Å². The monoisotopic (exact) mass is 604 g/mol. The van der Waals surface area contributed by atoms with Gasteiger partial charge in [-0.3, -0.25) is 13.9 Å². The predicted octanol–water partition coefficient (Wildman–Crippen LogP) is 6.21. The van der Waals surface area contributed by atoms with E-state index in [0.717, 1.165) is 11.6 Å². The Hall–Kier alpha value is -4.70. The molecule has 0 saturated heterocycles.